The molecule has 1 heterocycles. The molecule has 0 aliphatic rings. The molecular weight excluding hydrogens is 200 g/mol. The van der Waals surface area contributed by atoms with Gasteiger partial charge in [-0.25, -0.2) is 4.84 Å². The summed E-state index contributed by atoms with van der Waals surface area (Å²) in [6, 6.07) is 1.49. The molecule has 0 amide bonds. The Morgan fingerprint density at radius 1 is 1.46 bits per heavy atom. The lowest BCUT2D eigenvalue weighted by Gasteiger charge is -1.94. The van der Waals surface area contributed by atoms with Gasteiger partial charge in [-0.15, -0.1) is 0 Å². The van der Waals surface area contributed by atoms with Crippen molar-refractivity contribution < 1.29 is 27.0 Å². The summed E-state index contributed by atoms with van der Waals surface area (Å²) in [4.78, 5) is 18.5. The van der Waals surface area contributed by atoms with Crippen molar-refractivity contribution in [2.45, 2.75) is 0 Å². The lowest BCUT2D eigenvalue weighted by atomic mass is 10.7. The summed E-state index contributed by atoms with van der Waals surface area (Å²) in [6.07, 6.45) is 2.64. The molecule has 0 saturated carbocycles. The fourth-order valence-electron chi connectivity index (χ4n) is 0.533. The average molecular weight is 205 g/mol. The molecule has 0 bridgehead atoms. The van der Waals surface area contributed by atoms with Crippen molar-refractivity contribution in [3.8, 4) is 0 Å². The zero-order valence-electron chi connectivity index (χ0n) is 6.19. The molecule has 0 unspecified atom stereocenters. The van der Waals surface area contributed by atoms with E-state index in [-0.39, 0.29) is 0 Å². The number of aromatic nitrogens is 2. The summed E-state index contributed by atoms with van der Waals surface area (Å²) in [5.41, 5.74) is 0. The Hall–Kier alpha value is -1.70. The van der Waals surface area contributed by atoms with Gasteiger partial charge in [0, 0.05) is 6.07 Å². The third-order valence-electron chi connectivity index (χ3n) is 0.915. The van der Waals surface area contributed by atoms with Gasteiger partial charge in [-0.05, 0) is 4.73 Å². The average Bonchev–Trinajstić information content (AvgIpc) is 2.04. The number of carbonyl (C=O) groups excluding carboxylic acids is 1. The molecule has 0 N–H and O–H groups in total. The van der Waals surface area contributed by atoms with Crippen molar-refractivity contribution in [1.82, 2.24) is 4.98 Å². The molecule has 0 radical (unpaired) electrons. The lowest BCUT2D eigenvalue weighted by Crippen LogP contribution is -2.45. The minimum atomic E-state index is -3.24. The van der Waals surface area contributed by atoms with Crippen LogP contribution in [0.4, 0.5) is 4.79 Å². The van der Waals surface area contributed by atoms with E-state index in [1.54, 1.807) is 0 Å². The van der Waals surface area contributed by atoms with E-state index in [0.29, 0.717) is 0 Å². The molecule has 70 valence electrons. The van der Waals surface area contributed by atoms with Gasteiger partial charge in [0.2, 0.25) is 0 Å². The quantitative estimate of drug-likeness (QED) is 0.465. The minimum absolute atomic E-state index is 0.904. The minimum Gasteiger partial charge on any atom is -0.311 e. The van der Waals surface area contributed by atoms with Crippen LogP contribution in [0.2, 0.25) is 0 Å². The first-order valence-electron chi connectivity index (χ1n) is 3.04. The lowest BCUT2D eigenvalue weighted by molar-refractivity contribution is -0.872. The van der Waals surface area contributed by atoms with Gasteiger partial charge in [0.25, 0.3) is 0 Å². The highest BCUT2D eigenvalue weighted by Crippen LogP contribution is 1.76. The van der Waals surface area contributed by atoms with Crippen molar-refractivity contribution in [1.29, 1.82) is 0 Å². The van der Waals surface area contributed by atoms with E-state index in [1.165, 1.54) is 24.8 Å². The molecule has 7 nitrogen and oxygen atoms in total. The first-order valence-corrected chi connectivity index (χ1v) is 4.14. The number of nitrogens with zero attached hydrogens (tertiary/aromatic N) is 2. The van der Waals surface area contributed by atoms with Gasteiger partial charge in [-0.1, -0.05) is 4.98 Å². The summed E-state index contributed by atoms with van der Waals surface area (Å²) in [5.74, 6) is 0. The molecule has 0 aliphatic carbocycles. The van der Waals surface area contributed by atoms with Gasteiger partial charge in [-0.2, -0.15) is 13.2 Å². The molecule has 0 fully saturated rings. The number of thiol groups is 1. The largest absolute Gasteiger partial charge is 0.567 e. The van der Waals surface area contributed by atoms with Crippen LogP contribution in [0.25, 0.3) is 0 Å². The van der Waals surface area contributed by atoms with E-state index < -0.39 is 17.1 Å². The van der Waals surface area contributed by atoms with Crippen LogP contribution in [0, 0.1) is 0 Å². The Labute approximate surface area is 74.7 Å². The van der Waals surface area contributed by atoms with Crippen LogP contribution >= 0.6 is 0 Å². The van der Waals surface area contributed by atoms with Crippen molar-refractivity contribution in [2.24, 2.45) is 0 Å². The van der Waals surface area contributed by atoms with Gasteiger partial charge in [-0.3, -0.25) is 0 Å². The van der Waals surface area contributed by atoms with Gasteiger partial charge >= 0.3 is 23.5 Å². The Bertz CT molecular complexity index is 354. The molecule has 8 heteroatoms. The van der Waals surface area contributed by atoms with Gasteiger partial charge < -0.3 is 4.18 Å². The van der Waals surface area contributed by atoms with Gasteiger partial charge in [0.05, 0.1) is 0 Å². The van der Waals surface area contributed by atoms with E-state index in [4.69, 9.17) is 0 Å². The summed E-state index contributed by atoms with van der Waals surface area (Å²) in [6.45, 7) is 0. The number of hydrogen-bond acceptors (Lipinski definition) is 6. The maximum Gasteiger partial charge on any atom is 0.567 e. The van der Waals surface area contributed by atoms with Crippen molar-refractivity contribution in [3.05, 3.63) is 24.8 Å². The second kappa shape index (κ2) is 4.36. The second-order valence-electron chi connectivity index (χ2n) is 1.77. The van der Waals surface area contributed by atoms with E-state index in [2.05, 4.69) is 14.0 Å². The molecule has 0 aromatic carbocycles. The normalized spacial score (nSPS) is 9.62. The van der Waals surface area contributed by atoms with Crippen LogP contribution in [-0.2, 0) is 15.2 Å². The fourth-order valence-corrected chi connectivity index (χ4v) is 0.688. The van der Waals surface area contributed by atoms with Crippen LogP contribution in [0.3, 0.4) is 0 Å². The molecule has 13 heavy (non-hydrogen) atoms. The van der Waals surface area contributed by atoms with Crippen LogP contribution in [0.15, 0.2) is 24.8 Å². The first-order chi connectivity index (χ1) is 6.18. The zero-order chi connectivity index (χ0) is 9.68. The summed E-state index contributed by atoms with van der Waals surface area (Å²) in [7, 11) is -3.24. The van der Waals surface area contributed by atoms with E-state index in [0.717, 1.165) is 4.73 Å². The second-order valence-corrected chi connectivity index (χ2v) is 2.40. The summed E-state index contributed by atoms with van der Waals surface area (Å²) in [5, 5.41) is 0. The summed E-state index contributed by atoms with van der Waals surface area (Å²) < 4.78 is 24.4. The molecule has 1 aromatic heterocycles. The van der Waals surface area contributed by atoms with E-state index >= 15 is 0 Å². The zero-order valence-corrected chi connectivity index (χ0v) is 7.09. The topological polar surface area (TPSA) is 86.4 Å². The monoisotopic (exact) mass is 205 g/mol. The first kappa shape index (κ1) is 9.39. The third kappa shape index (κ3) is 3.47. The Morgan fingerprint density at radius 3 is 2.77 bits per heavy atom. The molecule has 1 aromatic rings. The Morgan fingerprint density at radius 2 is 2.23 bits per heavy atom. The Balaban J connectivity index is 2.55. The highest BCUT2D eigenvalue weighted by molar-refractivity contribution is 7.67. The Kier molecular flexibility index (Phi) is 3.15. The number of hydrogen-bond donors (Lipinski definition) is 1. The van der Waals surface area contributed by atoms with Crippen LogP contribution in [0.5, 0.6) is 0 Å². The predicted octanol–water partition coefficient (Wildman–Crippen LogP) is -1.54. The molecule has 0 aliphatic heterocycles. The highest BCUT2D eigenvalue weighted by Gasteiger charge is 2.09. The smallest absolute Gasteiger partial charge is 0.311 e. The molecule has 0 saturated heterocycles. The van der Waals surface area contributed by atoms with Crippen LogP contribution in [0.1, 0.15) is 0 Å². The SMILES string of the molecule is O=C(O[n+]1cccnc1)O[SH](=O)=O. The van der Waals surface area contributed by atoms with Gasteiger partial charge in [0.1, 0.15) is 12.4 Å². The summed E-state index contributed by atoms with van der Waals surface area (Å²) >= 11 is 0. The fraction of sp³-hybridized carbons (Fsp3) is 0. The van der Waals surface area contributed by atoms with Crippen LogP contribution in [-0.4, -0.2) is 19.6 Å². The van der Waals surface area contributed by atoms with Crippen molar-refractivity contribution in [3.63, 3.8) is 0 Å². The van der Waals surface area contributed by atoms with Gasteiger partial charge in [0.15, 0.2) is 0 Å². The maximum absolute atomic E-state index is 10.5. The number of carbonyl (C=O) groups is 1. The molecule has 0 atom stereocenters. The van der Waals surface area contributed by atoms with Crippen molar-refractivity contribution in [2.75, 3.05) is 0 Å². The van der Waals surface area contributed by atoms with E-state index in [9.17, 15) is 13.2 Å². The third-order valence-corrected chi connectivity index (χ3v) is 1.21. The number of rotatable bonds is 2. The molecular formula is C5H5N2O5S+. The predicted molar refractivity (Wildman–Crippen MR) is 37.8 cm³/mol. The molecule has 0 spiro atoms. The van der Waals surface area contributed by atoms with Crippen molar-refractivity contribution >= 4 is 17.1 Å². The highest BCUT2D eigenvalue weighted by atomic mass is 32.2. The van der Waals surface area contributed by atoms with E-state index in [1.807, 2.05) is 0 Å². The van der Waals surface area contributed by atoms with Crippen LogP contribution < -0.4 is 9.57 Å². The standard InChI is InChI=1S/C5H5N2O5S/c8-5(12-13(9)10)11-7-3-1-2-6-4-7/h1-4,13H/q+1. The maximum atomic E-state index is 10.5. The molecule has 1 rings (SSSR count).